The van der Waals surface area contributed by atoms with Gasteiger partial charge in [-0.25, -0.2) is 9.59 Å². The molecule has 0 saturated carbocycles. The maximum atomic E-state index is 12.4. The Balaban J connectivity index is 1.85. The average molecular weight is 362 g/mol. The Bertz CT molecular complexity index is 1010. The number of ether oxygens (including phenoxy) is 2. The van der Waals surface area contributed by atoms with E-state index >= 15 is 0 Å². The molecule has 0 radical (unpaired) electrons. The van der Waals surface area contributed by atoms with Gasteiger partial charge >= 0.3 is 11.9 Å². The average Bonchev–Trinajstić information content (AvgIpc) is 2.64. The van der Waals surface area contributed by atoms with Gasteiger partial charge in [-0.2, -0.15) is 0 Å². The largest absolute Gasteiger partial charge is 0.508 e. The topological polar surface area (TPSA) is 72.8 Å². The van der Waals surface area contributed by atoms with Crippen LogP contribution >= 0.6 is 0 Å². The number of hydrogen-bond donors (Lipinski definition) is 1. The summed E-state index contributed by atoms with van der Waals surface area (Å²) in [4.78, 5) is 24.8. The molecule has 0 aliphatic carbocycles. The van der Waals surface area contributed by atoms with Crippen molar-refractivity contribution in [3.63, 3.8) is 0 Å². The number of esters is 2. The fourth-order valence-corrected chi connectivity index (χ4v) is 2.52. The number of benzene rings is 3. The smallest absolute Gasteiger partial charge is 0.343 e. The summed E-state index contributed by atoms with van der Waals surface area (Å²) in [6, 6.07) is 17.8. The molecular formula is C22H18O5. The zero-order valence-electron chi connectivity index (χ0n) is 14.9. The van der Waals surface area contributed by atoms with Crippen molar-refractivity contribution >= 4 is 11.9 Å². The van der Waals surface area contributed by atoms with E-state index in [1.807, 2.05) is 26.0 Å². The number of aryl methyl sites for hydroxylation is 2. The van der Waals surface area contributed by atoms with E-state index < -0.39 is 11.9 Å². The van der Waals surface area contributed by atoms with Crippen molar-refractivity contribution in [2.24, 2.45) is 0 Å². The monoisotopic (exact) mass is 362 g/mol. The third-order valence-corrected chi connectivity index (χ3v) is 3.84. The molecule has 5 nitrogen and oxygen atoms in total. The van der Waals surface area contributed by atoms with Crippen molar-refractivity contribution in [1.82, 2.24) is 0 Å². The summed E-state index contributed by atoms with van der Waals surface area (Å²) in [7, 11) is 0. The van der Waals surface area contributed by atoms with Gasteiger partial charge < -0.3 is 14.6 Å². The van der Waals surface area contributed by atoms with Gasteiger partial charge in [-0.15, -0.1) is 0 Å². The van der Waals surface area contributed by atoms with Crippen LogP contribution in [0.4, 0.5) is 0 Å². The number of hydrogen-bond acceptors (Lipinski definition) is 5. The Hall–Kier alpha value is -3.60. The lowest BCUT2D eigenvalue weighted by molar-refractivity contribution is 0.0682. The molecule has 3 aromatic rings. The van der Waals surface area contributed by atoms with E-state index in [1.165, 1.54) is 18.2 Å². The zero-order chi connectivity index (χ0) is 19.4. The molecule has 0 amide bonds. The second-order valence-electron chi connectivity index (χ2n) is 6.15. The number of phenols is 1. The normalized spacial score (nSPS) is 10.3. The molecule has 0 fully saturated rings. The Morgan fingerprint density at radius 3 is 1.74 bits per heavy atom. The van der Waals surface area contributed by atoms with Crippen LogP contribution in [0.1, 0.15) is 31.8 Å². The predicted molar refractivity (Wildman–Crippen MR) is 100 cm³/mol. The Labute approximate surface area is 156 Å². The first-order valence-corrected chi connectivity index (χ1v) is 8.33. The molecule has 0 atom stereocenters. The van der Waals surface area contributed by atoms with Gasteiger partial charge in [0.25, 0.3) is 0 Å². The van der Waals surface area contributed by atoms with E-state index in [0.717, 1.165) is 11.1 Å². The molecule has 0 saturated heterocycles. The van der Waals surface area contributed by atoms with E-state index in [9.17, 15) is 14.7 Å². The molecule has 0 aliphatic heterocycles. The predicted octanol–water partition coefficient (Wildman–Crippen LogP) is 4.45. The van der Waals surface area contributed by atoms with Crippen molar-refractivity contribution in [2.45, 2.75) is 13.8 Å². The molecule has 0 unspecified atom stereocenters. The van der Waals surface area contributed by atoms with E-state index in [4.69, 9.17) is 9.47 Å². The molecule has 136 valence electrons. The highest BCUT2D eigenvalue weighted by atomic mass is 16.6. The highest BCUT2D eigenvalue weighted by Gasteiger charge is 2.17. The Morgan fingerprint density at radius 1 is 0.704 bits per heavy atom. The molecular weight excluding hydrogens is 344 g/mol. The molecule has 0 bridgehead atoms. The summed E-state index contributed by atoms with van der Waals surface area (Å²) >= 11 is 0. The molecule has 5 heteroatoms. The van der Waals surface area contributed by atoms with Gasteiger partial charge in [0.05, 0.1) is 11.1 Å². The second kappa shape index (κ2) is 7.74. The Kier molecular flexibility index (Phi) is 5.22. The molecule has 3 aromatic carbocycles. The van der Waals surface area contributed by atoms with Gasteiger partial charge in [-0.1, -0.05) is 35.4 Å². The molecule has 0 aliphatic rings. The zero-order valence-corrected chi connectivity index (χ0v) is 14.9. The second-order valence-corrected chi connectivity index (χ2v) is 6.15. The number of rotatable bonds is 4. The first kappa shape index (κ1) is 18.2. The van der Waals surface area contributed by atoms with Crippen LogP contribution in [0.2, 0.25) is 0 Å². The summed E-state index contributed by atoms with van der Waals surface area (Å²) < 4.78 is 10.7. The molecule has 3 rings (SSSR count). The molecule has 27 heavy (non-hydrogen) atoms. The van der Waals surface area contributed by atoms with Crippen molar-refractivity contribution in [3.05, 3.63) is 89.0 Å². The summed E-state index contributed by atoms with van der Waals surface area (Å²) in [5.74, 6) is -1.31. The van der Waals surface area contributed by atoms with Gasteiger partial charge in [-0.05, 0) is 50.2 Å². The molecule has 1 N–H and O–H groups in total. The third kappa shape index (κ3) is 4.52. The van der Waals surface area contributed by atoms with Gasteiger partial charge in [0, 0.05) is 6.07 Å². The summed E-state index contributed by atoms with van der Waals surface area (Å²) in [6.45, 7) is 3.73. The number of carbonyl (C=O) groups is 2. The van der Waals surface area contributed by atoms with Gasteiger partial charge in [0.15, 0.2) is 11.5 Å². The number of phenolic OH excluding ortho intramolecular Hbond substituents is 1. The standard InChI is InChI=1S/C22H18O5/c1-14-5-3-7-16(11-14)21(24)26-19-10-9-18(23)13-20(19)27-22(25)17-8-4-6-15(2)12-17/h3-13,23H,1-2H3. The minimum absolute atomic E-state index is 0.0393. The fraction of sp³-hybridized carbons (Fsp3) is 0.0909. The third-order valence-electron chi connectivity index (χ3n) is 3.84. The first-order valence-electron chi connectivity index (χ1n) is 8.33. The van der Waals surface area contributed by atoms with Crippen molar-refractivity contribution in [3.8, 4) is 17.2 Å². The van der Waals surface area contributed by atoms with E-state index in [1.54, 1.807) is 36.4 Å². The number of aromatic hydroxyl groups is 1. The molecule has 0 spiro atoms. The fourth-order valence-electron chi connectivity index (χ4n) is 2.52. The lowest BCUT2D eigenvalue weighted by Gasteiger charge is -2.11. The van der Waals surface area contributed by atoms with Gasteiger partial charge in [0.1, 0.15) is 5.75 Å². The van der Waals surface area contributed by atoms with E-state index in [-0.39, 0.29) is 17.2 Å². The molecule has 0 heterocycles. The van der Waals surface area contributed by atoms with Crippen LogP contribution in [0.5, 0.6) is 17.2 Å². The summed E-state index contributed by atoms with van der Waals surface area (Å²) in [5.41, 5.74) is 2.56. The minimum Gasteiger partial charge on any atom is -0.508 e. The lowest BCUT2D eigenvalue weighted by Crippen LogP contribution is -2.12. The van der Waals surface area contributed by atoms with Crippen LogP contribution in [0.3, 0.4) is 0 Å². The maximum Gasteiger partial charge on any atom is 0.343 e. The highest BCUT2D eigenvalue weighted by molar-refractivity contribution is 5.93. The number of carbonyl (C=O) groups excluding carboxylic acids is 2. The highest BCUT2D eigenvalue weighted by Crippen LogP contribution is 2.32. The van der Waals surface area contributed by atoms with Crippen molar-refractivity contribution in [2.75, 3.05) is 0 Å². The SMILES string of the molecule is Cc1cccc(C(=O)Oc2ccc(O)cc2OC(=O)c2cccc(C)c2)c1. The summed E-state index contributed by atoms with van der Waals surface area (Å²) in [5, 5.41) is 9.72. The van der Waals surface area contributed by atoms with Crippen LogP contribution in [-0.2, 0) is 0 Å². The maximum absolute atomic E-state index is 12.4. The van der Waals surface area contributed by atoms with Crippen LogP contribution in [0.25, 0.3) is 0 Å². The van der Waals surface area contributed by atoms with Crippen LogP contribution < -0.4 is 9.47 Å². The van der Waals surface area contributed by atoms with Crippen molar-refractivity contribution in [1.29, 1.82) is 0 Å². The quantitative estimate of drug-likeness (QED) is 0.548. The lowest BCUT2D eigenvalue weighted by atomic mass is 10.1. The van der Waals surface area contributed by atoms with Gasteiger partial charge in [-0.3, -0.25) is 0 Å². The Morgan fingerprint density at radius 2 is 1.22 bits per heavy atom. The van der Waals surface area contributed by atoms with Crippen molar-refractivity contribution < 1.29 is 24.2 Å². The van der Waals surface area contributed by atoms with E-state index in [0.29, 0.717) is 11.1 Å². The van der Waals surface area contributed by atoms with Crippen LogP contribution in [-0.4, -0.2) is 17.0 Å². The van der Waals surface area contributed by atoms with E-state index in [2.05, 4.69) is 0 Å². The van der Waals surface area contributed by atoms with Crippen LogP contribution in [0, 0.1) is 13.8 Å². The molecule has 0 aromatic heterocycles. The van der Waals surface area contributed by atoms with Crippen LogP contribution in [0.15, 0.2) is 66.7 Å². The first-order chi connectivity index (χ1) is 12.9. The van der Waals surface area contributed by atoms with Gasteiger partial charge in [0.2, 0.25) is 0 Å². The minimum atomic E-state index is -0.614. The summed E-state index contributed by atoms with van der Waals surface area (Å²) in [6.07, 6.45) is 0.